The normalized spacial score (nSPS) is 27.7. The molecule has 8 heteroatoms. The van der Waals surface area contributed by atoms with Crippen LogP contribution in [0.4, 0.5) is 4.79 Å². The first-order valence-corrected chi connectivity index (χ1v) is 19.0. The van der Waals surface area contributed by atoms with Gasteiger partial charge in [0.25, 0.3) is 0 Å². The molecule has 0 unspecified atom stereocenters. The Hall–Kier alpha value is -3.39. The van der Waals surface area contributed by atoms with Gasteiger partial charge >= 0.3 is 6.09 Å². The summed E-state index contributed by atoms with van der Waals surface area (Å²) in [6, 6.07) is 19.5. The number of carbonyl (C=O) groups excluding carboxylic acids is 1. The lowest BCUT2D eigenvalue weighted by Crippen LogP contribution is -2.52. The minimum Gasteiger partial charge on any atom is -0.487 e. The number of fused-ring (bicyclic) bond motifs is 1. The minimum atomic E-state index is -3.32. The molecular weight excluding hydrogens is 596 g/mol. The molecule has 1 amide bonds. The minimum absolute atomic E-state index is 0.0127. The van der Waals surface area contributed by atoms with E-state index in [1.807, 2.05) is 29.2 Å². The van der Waals surface area contributed by atoms with Crippen LogP contribution < -0.4 is 4.74 Å². The van der Waals surface area contributed by atoms with Gasteiger partial charge in [-0.2, -0.15) is 0 Å². The highest BCUT2D eigenvalue weighted by Gasteiger charge is 2.51. The van der Waals surface area contributed by atoms with Gasteiger partial charge in [-0.25, -0.2) is 13.2 Å². The van der Waals surface area contributed by atoms with Crippen LogP contribution in [-0.2, 0) is 32.5 Å². The maximum Gasteiger partial charge on any atom is 0.409 e. The molecule has 9 rings (SSSR count). The Balaban J connectivity index is 0.849. The summed E-state index contributed by atoms with van der Waals surface area (Å²) in [6.07, 6.45) is 13.0. The number of likely N-dealkylation sites (tertiary alicyclic amines) is 1. The van der Waals surface area contributed by atoms with E-state index in [9.17, 15) is 13.2 Å². The van der Waals surface area contributed by atoms with Gasteiger partial charge in [0, 0.05) is 37.5 Å². The highest BCUT2D eigenvalue weighted by atomic mass is 32.2. The molecule has 1 spiro atoms. The monoisotopic (exact) mass is 640 g/mol. The van der Waals surface area contributed by atoms with Crippen molar-refractivity contribution < 1.29 is 22.7 Å². The highest BCUT2D eigenvalue weighted by Crippen LogP contribution is 2.60. The molecule has 3 aromatic rings. The molecule has 2 aromatic carbocycles. The number of benzene rings is 2. The Morgan fingerprint density at radius 2 is 1.57 bits per heavy atom. The van der Waals surface area contributed by atoms with Crippen LogP contribution in [0.3, 0.4) is 0 Å². The predicted molar refractivity (Wildman–Crippen MR) is 177 cm³/mol. The molecule has 6 aliphatic rings. The summed E-state index contributed by atoms with van der Waals surface area (Å²) >= 11 is 0. The molecule has 7 nitrogen and oxygen atoms in total. The zero-order valence-electron chi connectivity index (χ0n) is 26.5. The van der Waals surface area contributed by atoms with E-state index >= 15 is 0 Å². The van der Waals surface area contributed by atoms with Gasteiger partial charge in [0.2, 0.25) is 0 Å². The molecular formula is C38H44N2O5S. The number of nitrogens with zero attached hydrogens (tertiary/aromatic N) is 2. The number of pyridine rings is 1. The van der Waals surface area contributed by atoms with E-state index in [2.05, 4.69) is 23.2 Å². The quantitative estimate of drug-likeness (QED) is 0.268. The van der Waals surface area contributed by atoms with E-state index in [-0.39, 0.29) is 28.6 Å². The number of aromatic nitrogens is 1. The Morgan fingerprint density at radius 3 is 2.24 bits per heavy atom. The third-order valence-corrected chi connectivity index (χ3v) is 13.1. The Kier molecular flexibility index (Phi) is 7.62. The Bertz CT molecular complexity index is 1660. The number of aryl methyl sites for hydroxylation is 1. The summed E-state index contributed by atoms with van der Waals surface area (Å²) in [5.74, 6) is 3.45. The van der Waals surface area contributed by atoms with Crippen LogP contribution in [0, 0.1) is 23.2 Å². The van der Waals surface area contributed by atoms with E-state index in [1.165, 1.54) is 44.1 Å². The summed E-state index contributed by atoms with van der Waals surface area (Å²) in [7, 11) is -3.32. The molecule has 1 saturated heterocycles. The summed E-state index contributed by atoms with van der Waals surface area (Å²) in [6.45, 7) is 1.96. The van der Waals surface area contributed by atoms with Crippen molar-refractivity contribution >= 4 is 15.9 Å². The van der Waals surface area contributed by atoms with E-state index < -0.39 is 9.84 Å². The lowest BCUT2D eigenvalue weighted by atomic mass is 9.50. The zero-order valence-corrected chi connectivity index (χ0v) is 27.3. The summed E-state index contributed by atoms with van der Waals surface area (Å²) in [5.41, 5.74) is 4.70. The number of carbonyl (C=O) groups is 1. The van der Waals surface area contributed by atoms with Gasteiger partial charge in [0.15, 0.2) is 9.84 Å². The lowest BCUT2D eigenvalue weighted by molar-refractivity contribution is -0.0874. The number of hydrogen-bond acceptors (Lipinski definition) is 6. The summed E-state index contributed by atoms with van der Waals surface area (Å²) in [5, 5.41) is 0. The van der Waals surface area contributed by atoms with Crippen LogP contribution in [0.5, 0.6) is 5.75 Å². The van der Waals surface area contributed by atoms with Crippen LogP contribution in [0.1, 0.15) is 74.6 Å². The second-order valence-electron chi connectivity index (χ2n) is 15.1. The molecule has 2 aliphatic heterocycles. The average molecular weight is 641 g/mol. The van der Waals surface area contributed by atoms with Crippen molar-refractivity contribution in [2.45, 2.75) is 81.3 Å². The van der Waals surface area contributed by atoms with E-state index in [0.717, 1.165) is 65.9 Å². The average Bonchev–Trinajstić information content (AvgIpc) is 3.04. The summed E-state index contributed by atoms with van der Waals surface area (Å²) in [4.78, 5) is 19.2. The molecule has 0 radical (unpaired) electrons. The molecule has 242 valence electrons. The van der Waals surface area contributed by atoms with Crippen molar-refractivity contribution in [3.05, 3.63) is 83.7 Å². The first kappa shape index (κ1) is 30.0. The number of piperidine rings is 1. The van der Waals surface area contributed by atoms with Gasteiger partial charge in [-0.05, 0) is 116 Å². The number of hydrogen-bond donors (Lipinski definition) is 0. The molecule has 5 fully saturated rings. The van der Waals surface area contributed by atoms with Gasteiger partial charge in [-0.1, -0.05) is 36.4 Å². The zero-order chi connectivity index (χ0) is 31.4. The standard InChI is InChI=1S/C38H44N2O5S/c41-36(44-26-37-21-28-17-29(22-37)19-30(18-28)23-37)40-15-12-38(13-16-40)11-10-33-20-32(8-9-35(33)45-38)31-6-4-27(5-7-31)24-46(42,43)25-34-3-1-2-14-39-34/h1-9,14,20,28-30H,10-13,15-19,21-26H2. The van der Waals surface area contributed by atoms with E-state index in [1.54, 1.807) is 24.4 Å². The van der Waals surface area contributed by atoms with Crippen molar-refractivity contribution in [1.29, 1.82) is 0 Å². The lowest BCUT2D eigenvalue weighted by Gasteiger charge is -2.56. The van der Waals surface area contributed by atoms with E-state index in [4.69, 9.17) is 9.47 Å². The van der Waals surface area contributed by atoms with Crippen molar-refractivity contribution in [3.8, 4) is 16.9 Å². The van der Waals surface area contributed by atoms with Gasteiger partial charge < -0.3 is 14.4 Å². The summed E-state index contributed by atoms with van der Waals surface area (Å²) < 4.78 is 38.1. The fraction of sp³-hybridized carbons (Fsp3) is 0.526. The molecule has 4 saturated carbocycles. The second kappa shape index (κ2) is 11.7. The first-order valence-electron chi connectivity index (χ1n) is 17.2. The fourth-order valence-corrected chi connectivity index (χ4v) is 11.2. The van der Waals surface area contributed by atoms with Gasteiger partial charge in [-0.15, -0.1) is 0 Å². The predicted octanol–water partition coefficient (Wildman–Crippen LogP) is 7.38. The first-order chi connectivity index (χ1) is 22.2. The SMILES string of the molecule is O=C(OCC12CC3CC(CC(C3)C1)C2)N1CCC2(CCc3cc(-c4ccc(CS(=O)(=O)Cc5ccccn5)cc4)ccc3O2)CC1. The molecule has 0 N–H and O–H groups in total. The van der Waals surface area contributed by atoms with Crippen molar-refractivity contribution in [2.24, 2.45) is 23.2 Å². The molecule has 4 bridgehead atoms. The Morgan fingerprint density at radius 1 is 0.870 bits per heavy atom. The fourth-order valence-electron chi connectivity index (χ4n) is 9.73. The van der Waals surface area contributed by atoms with Crippen molar-refractivity contribution in [3.63, 3.8) is 0 Å². The molecule has 1 aromatic heterocycles. The smallest absolute Gasteiger partial charge is 0.409 e. The van der Waals surface area contributed by atoms with Crippen LogP contribution >= 0.6 is 0 Å². The molecule has 3 heterocycles. The molecule has 4 aliphatic carbocycles. The Labute approximate surface area is 272 Å². The number of sulfone groups is 1. The highest BCUT2D eigenvalue weighted by molar-refractivity contribution is 7.89. The number of amides is 1. The van der Waals surface area contributed by atoms with Gasteiger partial charge in [0.1, 0.15) is 11.4 Å². The molecule has 0 atom stereocenters. The van der Waals surface area contributed by atoms with E-state index in [0.29, 0.717) is 25.4 Å². The van der Waals surface area contributed by atoms with Gasteiger partial charge in [-0.3, -0.25) is 4.98 Å². The van der Waals surface area contributed by atoms with Crippen LogP contribution in [0.25, 0.3) is 11.1 Å². The third-order valence-electron chi connectivity index (χ3n) is 11.6. The number of ether oxygens (including phenoxy) is 2. The third kappa shape index (κ3) is 6.17. The molecule has 46 heavy (non-hydrogen) atoms. The van der Waals surface area contributed by atoms with Crippen LogP contribution in [0.2, 0.25) is 0 Å². The van der Waals surface area contributed by atoms with Crippen LogP contribution in [-0.4, -0.2) is 49.7 Å². The maximum atomic E-state index is 13.1. The van der Waals surface area contributed by atoms with Crippen molar-refractivity contribution in [1.82, 2.24) is 9.88 Å². The second-order valence-corrected chi connectivity index (χ2v) is 17.2. The van der Waals surface area contributed by atoms with Crippen LogP contribution in [0.15, 0.2) is 66.9 Å². The number of rotatable bonds is 7. The van der Waals surface area contributed by atoms with Crippen molar-refractivity contribution in [2.75, 3.05) is 19.7 Å². The largest absolute Gasteiger partial charge is 0.487 e. The van der Waals surface area contributed by atoms with Gasteiger partial charge in [0.05, 0.1) is 23.8 Å². The topological polar surface area (TPSA) is 85.8 Å². The maximum absolute atomic E-state index is 13.1.